The summed E-state index contributed by atoms with van der Waals surface area (Å²) in [5, 5.41) is 2.99. The Morgan fingerprint density at radius 3 is 2.50 bits per heavy atom. The molecule has 1 fully saturated rings. The molecule has 2 amide bonds. The highest BCUT2D eigenvalue weighted by Crippen LogP contribution is 2.29. The van der Waals surface area contributed by atoms with Crippen LogP contribution in [0.1, 0.15) is 13.3 Å². The van der Waals surface area contributed by atoms with Crippen LogP contribution in [0.25, 0.3) is 0 Å². The number of anilines is 2. The molecule has 6 nitrogen and oxygen atoms in total. The quantitative estimate of drug-likeness (QED) is 0.514. The zero-order valence-corrected chi connectivity index (χ0v) is 17.3. The number of nitrogens with one attached hydrogen (secondary N) is 1. The van der Waals surface area contributed by atoms with Crippen molar-refractivity contribution in [1.82, 2.24) is 4.90 Å². The lowest BCUT2D eigenvalue weighted by Gasteiger charge is -2.22. The van der Waals surface area contributed by atoms with E-state index in [-0.39, 0.29) is 18.2 Å². The van der Waals surface area contributed by atoms with Crippen molar-refractivity contribution in [3.63, 3.8) is 0 Å². The fourth-order valence-electron chi connectivity index (χ4n) is 3.20. The van der Waals surface area contributed by atoms with Crippen LogP contribution in [0, 0.1) is 5.82 Å². The summed E-state index contributed by atoms with van der Waals surface area (Å²) < 4.78 is 18.5. The van der Waals surface area contributed by atoms with E-state index in [2.05, 4.69) is 11.9 Å². The number of halogens is 1. The zero-order chi connectivity index (χ0) is 21.7. The van der Waals surface area contributed by atoms with Gasteiger partial charge in [-0.05, 0) is 67.7 Å². The third-order valence-corrected chi connectivity index (χ3v) is 4.97. The molecule has 0 saturated carbocycles. The van der Waals surface area contributed by atoms with Crippen molar-refractivity contribution in [2.75, 3.05) is 23.4 Å². The lowest BCUT2D eigenvalue weighted by Crippen LogP contribution is -2.37. The van der Waals surface area contributed by atoms with Crippen LogP contribution in [0.5, 0.6) is 5.75 Å². The Morgan fingerprint density at radius 2 is 1.90 bits per heavy atom. The highest BCUT2D eigenvalue weighted by molar-refractivity contribution is 7.80. The predicted octanol–water partition coefficient (Wildman–Crippen LogP) is 3.74. The minimum atomic E-state index is -0.762. The van der Waals surface area contributed by atoms with E-state index in [4.69, 9.17) is 17.0 Å². The van der Waals surface area contributed by atoms with Gasteiger partial charge in [0.15, 0.2) is 5.11 Å². The fourth-order valence-corrected chi connectivity index (χ4v) is 3.59. The van der Waals surface area contributed by atoms with E-state index in [1.54, 1.807) is 35.2 Å². The van der Waals surface area contributed by atoms with Gasteiger partial charge in [0.1, 0.15) is 17.6 Å². The van der Waals surface area contributed by atoms with E-state index in [9.17, 15) is 14.0 Å². The number of ether oxygens (including phenoxy) is 1. The summed E-state index contributed by atoms with van der Waals surface area (Å²) in [4.78, 5) is 28.8. The molecule has 0 radical (unpaired) electrons. The van der Waals surface area contributed by atoms with Gasteiger partial charge < -0.3 is 15.0 Å². The van der Waals surface area contributed by atoms with Gasteiger partial charge in [-0.15, -0.1) is 6.58 Å². The maximum absolute atomic E-state index is 13.1. The molecule has 30 heavy (non-hydrogen) atoms. The summed E-state index contributed by atoms with van der Waals surface area (Å²) in [7, 11) is 0. The number of rotatable bonds is 8. The van der Waals surface area contributed by atoms with Gasteiger partial charge in [-0.1, -0.05) is 6.08 Å². The summed E-state index contributed by atoms with van der Waals surface area (Å²) in [6.07, 6.45) is 1.53. The van der Waals surface area contributed by atoms with E-state index >= 15 is 0 Å². The van der Waals surface area contributed by atoms with E-state index in [1.807, 2.05) is 6.92 Å². The Balaban J connectivity index is 1.77. The van der Waals surface area contributed by atoms with Gasteiger partial charge in [0, 0.05) is 12.2 Å². The molecule has 1 heterocycles. The maximum atomic E-state index is 13.1. The van der Waals surface area contributed by atoms with Gasteiger partial charge in [0.2, 0.25) is 5.91 Å². The molecule has 2 aromatic carbocycles. The van der Waals surface area contributed by atoms with Crippen molar-refractivity contribution in [3.05, 3.63) is 67.0 Å². The van der Waals surface area contributed by atoms with E-state index in [0.29, 0.717) is 35.4 Å². The van der Waals surface area contributed by atoms with Crippen molar-refractivity contribution < 1.29 is 18.7 Å². The number of amides is 2. The average Bonchev–Trinajstić information content (AvgIpc) is 2.95. The molecule has 2 aromatic rings. The first-order chi connectivity index (χ1) is 14.4. The number of carbonyl (C=O) groups is 2. The Morgan fingerprint density at radius 1 is 1.23 bits per heavy atom. The zero-order valence-electron chi connectivity index (χ0n) is 16.5. The number of nitrogens with zero attached hydrogens (tertiary/aromatic N) is 2. The van der Waals surface area contributed by atoms with Crippen LogP contribution in [-0.2, 0) is 9.59 Å². The fraction of sp³-hybridized carbons (Fsp3) is 0.227. The molecule has 0 spiro atoms. The third kappa shape index (κ3) is 4.65. The number of hydrogen-bond acceptors (Lipinski definition) is 4. The van der Waals surface area contributed by atoms with Crippen LogP contribution in [0.4, 0.5) is 15.8 Å². The minimum absolute atomic E-state index is 0.0995. The van der Waals surface area contributed by atoms with Crippen molar-refractivity contribution in [1.29, 1.82) is 0 Å². The van der Waals surface area contributed by atoms with Gasteiger partial charge in [-0.3, -0.25) is 14.5 Å². The van der Waals surface area contributed by atoms with Gasteiger partial charge in [-0.2, -0.15) is 0 Å². The smallest absolute Gasteiger partial charge is 0.256 e. The minimum Gasteiger partial charge on any atom is -0.494 e. The number of carbonyl (C=O) groups excluding carboxylic acids is 2. The first-order valence-corrected chi connectivity index (χ1v) is 9.89. The molecule has 0 bridgehead atoms. The van der Waals surface area contributed by atoms with Crippen molar-refractivity contribution in [2.45, 2.75) is 19.4 Å². The number of thiocarbonyl (C=S) groups is 1. The van der Waals surface area contributed by atoms with Crippen LogP contribution in [0.3, 0.4) is 0 Å². The predicted molar refractivity (Wildman–Crippen MR) is 118 cm³/mol. The molecule has 1 aliphatic heterocycles. The second kappa shape index (κ2) is 9.49. The molecular weight excluding hydrogens is 405 g/mol. The molecular formula is C22H22FN3O3S. The first-order valence-electron chi connectivity index (χ1n) is 9.48. The molecule has 3 rings (SSSR count). The van der Waals surface area contributed by atoms with Gasteiger partial charge >= 0.3 is 0 Å². The third-order valence-electron chi connectivity index (χ3n) is 4.56. The van der Waals surface area contributed by atoms with Crippen LogP contribution in [-0.4, -0.2) is 41.0 Å². The second-order valence-corrected chi connectivity index (χ2v) is 6.96. The Bertz CT molecular complexity index is 947. The molecule has 8 heteroatoms. The first kappa shape index (κ1) is 21.4. The largest absolute Gasteiger partial charge is 0.494 e. The summed E-state index contributed by atoms with van der Waals surface area (Å²) in [5.74, 6) is -0.366. The van der Waals surface area contributed by atoms with Gasteiger partial charge in [0.05, 0.1) is 18.7 Å². The summed E-state index contributed by atoms with van der Waals surface area (Å²) >= 11 is 5.52. The highest BCUT2D eigenvalue weighted by Gasteiger charge is 2.43. The summed E-state index contributed by atoms with van der Waals surface area (Å²) in [5.41, 5.74) is 1.05. The number of benzene rings is 2. The standard InChI is InChI=1S/C22H22FN3O3S/c1-3-13-25-19(14-20(27)24-16-7-5-15(23)6-8-16)21(28)26(22(25)30)17-9-11-18(12-10-17)29-4-2/h3,5-12,19H,1,4,13-14H2,2H3,(H,24,27)/t19-/m0/s1. The molecule has 0 aromatic heterocycles. The molecule has 1 aliphatic rings. The number of hydrogen-bond donors (Lipinski definition) is 1. The van der Waals surface area contributed by atoms with Crippen LogP contribution < -0.4 is 15.0 Å². The summed E-state index contributed by atoms with van der Waals surface area (Å²) in [6, 6.07) is 11.7. The molecule has 1 atom stereocenters. The van der Waals surface area contributed by atoms with E-state index < -0.39 is 11.9 Å². The Labute approximate surface area is 179 Å². The molecule has 1 saturated heterocycles. The summed E-state index contributed by atoms with van der Waals surface area (Å²) in [6.45, 7) is 6.48. The highest BCUT2D eigenvalue weighted by atomic mass is 32.1. The van der Waals surface area contributed by atoms with Crippen LogP contribution in [0.2, 0.25) is 0 Å². The molecule has 156 valence electrons. The maximum Gasteiger partial charge on any atom is 0.256 e. The SMILES string of the molecule is C=CCN1C(=S)N(c2ccc(OCC)cc2)C(=O)[C@@H]1CC(=O)Nc1ccc(F)cc1. The van der Waals surface area contributed by atoms with Crippen LogP contribution >= 0.6 is 12.2 Å². The Hall–Kier alpha value is -3.26. The molecule has 1 N–H and O–H groups in total. The van der Waals surface area contributed by atoms with Crippen LogP contribution in [0.15, 0.2) is 61.2 Å². The lowest BCUT2D eigenvalue weighted by atomic mass is 10.1. The molecule has 0 unspecified atom stereocenters. The van der Waals surface area contributed by atoms with E-state index in [0.717, 1.165) is 0 Å². The van der Waals surface area contributed by atoms with Crippen molar-refractivity contribution >= 4 is 40.5 Å². The van der Waals surface area contributed by atoms with Crippen molar-refractivity contribution in [3.8, 4) is 5.75 Å². The van der Waals surface area contributed by atoms with Crippen molar-refractivity contribution in [2.24, 2.45) is 0 Å². The van der Waals surface area contributed by atoms with E-state index in [1.165, 1.54) is 29.2 Å². The average molecular weight is 428 g/mol. The molecule has 0 aliphatic carbocycles. The normalized spacial score (nSPS) is 16.0. The Kier molecular flexibility index (Phi) is 6.79. The monoisotopic (exact) mass is 427 g/mol. The lowest BCUT2D eigenvalue weighted by molar-refractivity contribution is -0.124. The van der Waals surface area contributed by atoms with Gasteiger partial charge in [-0.25, -0.2) is 4.39 Å². The topological polar surface area (TPSA) is 61.9 Å². The van der Waals surface area contributed by atoms with Gasteiger partial charge in [0.25, 0.3) is 5.91 Å². The second-order valence-electron chi connectivity index (χ2n) is 6.60.